The molecule has 4 saturated carbocycles. The Labute approximate surface area is 457 Å². The Bertz CT molecular complexity index is 3920. The lowest BCUT2D eigenvalue weighted by Gasteiger charge is -2.33. The standard InChI is InChI=1S/C70H54N2O6/c1-12-13-14-15-16-17-18-19-20-21-22-23-24-25-26-27-28-29-30-31-32-33-34-35-36-37-38-39-40-41-42-43-44-45-62(71(65(75)56(2)3)52-48-63(73)77-60-54-69(10)50-46-58(60)67(69,6)7)72(66(76)57(4)5)53-49-64(74)78-61-55-70(11)51-47-59(61)68(70,8)9/h58-61H,1-2,4,46-55H2,3,5-11H3. The molecule has 4 bridgehead atoms. The molecule has 8 heteroatoms. The van der Waals surface area contributed by atoms with Crippen LogP contribution in [-0.2, 0) is 28.7 Å². The molecule has 0 saturated heterocycles. The van der Waals surface area contributed by atoms with Crippen molar-refractivity contribution in [1.82, 2.24) is 9.80 Å². The van der Waals surface area contributed by atoms with Gasteiger partial charge in [0.2, 0.25) is 0 Å². The van der Waals surface area contributed by atoms with Crippen LogP contribution in [0.5, 0.6) is 0 Å². The Morgan fingerprint density at radius 2 is 0.692 bits per heavy atom. The van der Waals surface area contributed by atoms with E-state index < -0.39 is 23.8 Å². The molecule has 0 aliphatic heterocycles. The average molecular weight is 1020 g/mol. The molecule has 380 valence electrons. The van der Waals surface area contributed by atoms with Crippen molar-refractivity contribution in [2.45, 2.75) is 119 Å². The van der Waals surface area contributed by atoms with E-state index in [1.54, 1.807) is 0 Å². The number of nitrogens with zero attached hydrogens (tertiary/aromatic N) is 2. The van der Waals surface area contributed by atoms with Crippen LogP contribution in [0, 0.1) is 33.5 Å². The van der Waals surface area contributed by atoms with E-state index in [0.29, 0.717) is 0 Å². The number of carbonyl (C=O) groups excluding carboxylic acids is 4. The molecule has 0 N–H and O–H groups in total. The highest BCUT2D eigenvalue weighted by molar-refractivity contribution is 5.97. The molecule has 0 aromatic carbocycles. The topological polar surface area (TPSA) is 93.2 Å². The number of carbonyl (C=O) groups is 4. The van der Waals surface area contributed by atoms with Gasteiger partial charge in [0.1, 0.15) is 12.2 Å². The molecule has 0 radical (unpaired) electrons. The van der Waals surface area contributed by atoms with Gasteiger partial charge < -0.3 is 9.47 Å². The summed E-state index contributed by atoms with van der Waals surface area (Å²) in [4.78, 5) is 57.5. The van der Waals surface area contributed by atoms with E-state index in [-0.39, 0.29) is 88.6 Å². The third-order valence-corrected chi connectivity index (χ3v) is 14.8. The van der Waals surface area contributed by atoms with E-state index >= 15 is 0 Å². The highest BCUT2D eigenvalue weighted by atomic mass is 16.5. The fourth-order valence-electron chi connectivity index (χ4n) is 9.94. The first-order valence-corrected chi connectivity index (χ1v) is 24.8. The lowest BCUT2D eigenvalue weighted by molar-refractivity contribution is -0.153. The Kier molecular flexibility index (Phi) is 22.8. The van der Waals surface area contributed by atoms with Gasteiger partial charge in [-0.1, -0.05) is 60.4 Å². The fraction of sp³-hybridized carbons (Fsp3) is 0.371. The van der Waals surface area contributed by atoms with Crippen LogP contribution in [0.25, 0.3) is 0 Å². The summed E-state index contributed by atoms with van der Waals surface area (Å²) in [7, 11) is 0. The normalized spacial score (nSPS) is 19.9. The van der Waals surface area contributed by atoms with Crippen LogP contribution >= 0.6 is 0 Å². The molecule has 78 heavy (non-hydrogen) atoms. The Hall–Kier alpha value is -10.4. The fourth-order valence-corrected chi connectivity index (χ4v) is 9.94. The van der Waals surface area contributed by atoms with E-state index in [9.17, 15) is 19.2 Å². The molecule has 0 aromatic rings. The summed E-state index contributed by atoms with van der Waals surface area (Å²) < 4.78 is 12.2. The summed E-state index contributed by atoms with van der Waals surface area (Å²) in [5, 5.41) is 0. The van der Waals surface area contributed by atoms with Gasteiger partial charge in [0.15, 0.2) is 5.82 Å². The third kappa shape index (κ3) is 17.1. The predicted molar refractivity (Wildman–Crippen MR) is 289 cm³/mol. The monoisotopic (exact) mass is 1020 g/mol. The van der Waals surface area contributed by atoms with Crippen molar-refractivity contribution in [2.75, 3.05) is 13.1 Å². The molecule has 4 rings (SSSR count). The molecule has 6 atom stereocenters. The van der Waals surface area contributed by atoms with E-state index in [1.807, 2.05) is 0 Å². The maximum Gasteiger partial charge on any atom is 0.307 e. The maximum absolute atomic E-state index is 14.0. The van der Waals surface area contributed by atoms with Gasteiger partial charge in [0.05, 0.1) is 12.8 Å². The summed E-state index contributed by atoms with van der Waals surface area (Å²) in [5.41, 5.74) is 86.3. The smallest absolute Gasteiger partial charge is 0.307 e. The summed E-state index contributed by atoms with van der Waals surface area (Å²) in [6.45, 7) is 27.1. The van der Waals surface area contributed by atoms with E-state index in [2.05, 4.69) is 256 Å². The predicted octanol–water partition coefficient (Wildman–Crippen LogP) is 11.8. The van der Waals surface area contributed by atoms with E-state index in [1.165, 1.54) is 23.6 Å². The maximum atomic E-state index is 14.0. The van der Waals surface area contributed by atoms with Gasteiger partial charge >= 0.3 is 11.9 Å². The van der Waals surface area contributed by atoms with Crippen molar-refractivity contribution in [1.29, 1.82) is 0 Å². The van der Waals surface area contributed by atoms with Crippen molar-refractivity contribution < 1.29 is 28.7 Å². The minimum Gasteiger partial charge on any atom is -0.462 e. The number of fused-ring (bicyclic) bond motifs is 4. The SMILES string of the molecule is C=C=C=C=C=C=C=C=C=C=C=C=C=C=C=C=C=C=C=C=C=C=C=C=C=C=C=C=C=C=C=C=C=C=C=C(N(CCC(=O)OC1CC2(C)CCC1C2(C)C)C(=O)C(=C)C)N(CCC(=O)OC1CC2(C)CCC1C2(C)C)C(=O)C(=C)C. The second-order valence-corrected chi connectivity index (χ2v) is 19.9. The van der Waals surface area contributed by atoms with Crippen LogP contribution in [0.2, 0.25) is 0 Å². The largest absolute Gasteiger partial charge is 0.462 e. The Morgan fingerprint density at radius 1 is 0.436 bits per heavy atom. The highest BCUT2D eigenvalue weighted by Gasteiger charge is 2.62. The molecule has 0 aromatic heterocycles. The third-order valence-electron chi connectivity index (χ3n) is 14.8. The molecule has 2 amide bonds. The van der Waals surface area contributed by atoms with Crippen LogP contribution in [0.4, 0.5) is 0 Å². The van der Waals surface area contributed by atoms with Gasteiger partial charge in [-0.25, -0.2) is 0 Å². The van der Waals surface area contributed by atoms with Gasteiger partial charge in [-0.05, 0) is 178 Å². The van der Waals surface area contributed by atoms with Gasteiger partial charge in [-0.15, -0.1) is 0 Å². The van der Waals surface area contributed by atoms with Gasteiger partial charge in [-0.3, -0.25) is 29.0 Å². The minimum absolute atomic E-state index is 0.0153. The second kappa shape index (κ2) is 29.5. The Balaban J connectivity index is 1.69. The minimum atomic E-state index is -0.594. The molecule has 8 nitrogen and oxygen atoms in total. The van der Waals surface area contributed by atoms with Crippen molar-refractivity contribution >= 4 is 23.8 Å². The number of amides is 2. The zero-order valence-electron chi connectivity index (χ0n) is 45.3. The Morgan fingerprint density at radius 3 is 0.910 bits per heavy atom. The molecule has 0 spiro atoms. The van der Waals surface area contributed by atoms with E-state index in [0.717, 1.165) is 38.5 Å². The number of hydrogen-bond donors (Lipinski definition) is 0. The number of rotatable bonds is 12. The number of hydrogen-bond acceptors (Lipinski definition) is 6. The van der Waals surface area contributed by atoms with Crippen molar-refractivity contribution in [3.63, 3.8) is 0 Å². The summed E-state index contributed by atoms with van der Waals surface area (Å²) in [6.07, 6.45) is 4.74. The first kappa shape index (κ1) is 60.2. The van der Waals surface area contributed by atoms with Crippen LogP contribution in [0.3, 0.4) is 0 Å². The quantitative estimate of drug-likeness (QED) is 0.110. The zero-order valence-corrected chi connectivity index (χ0v) is 45.3. The first-order chi connectivity index (χ1) is 37.3. The van der Waals surface area contributed by atoms with Gasteiger partial charge in [-0.2, -0.15) is 0 Å². The lowest BCUT2D eigenvalue weighted by Crippen LogP contribution is -2.44. The van der Waals surface area contributed by atoms with Gasteiger partial charge in [0.25, 0.3) is 11.8 Å². The van der Waals surface area contributed by atoms with Crippen molar-refractivity contribution in [3.05, 3.63) is 232 Å². The number of ether oxygens (including phenoxy) is 2. The molecular formula is C70H54N2O6. The van der Waals surface area contributed by atoms with Crippen molar-refractivity contribution in [2.24, 2.45) is 33.5 Å². The second-order valence-electron chi connectivity index (χ2n) is 19.9. The number of esters is 2. The van der Waals surface area contributed by atoms with Crippen LogP contribution < -0.4 is 0 Å². The molecular weight excluding hydrogens is 965 g/mol. The highest BCUT2D eigenvalue weighted by Crippen LogP contribution is 2.67. The molecule has 4 aliphatic carbocycles. The zero-order chi connectivity index (χ0) is 57.0. The summed E-state index contributed by atoms with van der Waals surface area (Å²) in [6, 6.07) is 0. The van der Waals surface area contributed by atoms with Crippen LogP contribution in [0.1, 0.15) is 107 Å². The molecule has 6 unspecified atom stereocenters. The summed E-state index contributed by atoms with van der Waals surface area (Å²) in [5.74, 6) is -1.82. The first-order valence-electron chi connectivity index (χ1n) is 24.8. The van der Waals surface area contributed by atoms with Crippen LogP contribution in [0.15, 0.2) is 232 Å². The molecule has 4 aliphatic rings. The van der Waals surface area contributed by atoms with E-state index in [4.69, 9.17) is 9.47 Å². The van der Waals surface area contributed by atoms with Crippen LogP contribution in [-0.4, -0.2) is 58.9 Å². The van der Waals surface area contributed by atoms with Gasteiger partial charge in [0, 0.05) is 128 Å². The summed E-state index contributed by atoms with van der Waals surface area (Å²) >= 11 is 0. The molecule has 4 fully saturated rings. The van der Waals surface area contributed by atoms with Crippen molar-refractivity contribution in [3.8, 4) is 0 Å². The average Bonchev–Trinajstić information content (AvgIpc) is 4.10. The molecule has 0 heterocycles. The lowest BCUT2D eigenvalue weighted by atomic mass is 9.71.